The summed E-state index contributed by atoms with van der Waals surface area (Å²) in [6.45, 7) is 1.88. The monoisotopic (exact) mass is 260 g/mol. The predicted octanol–water partition coefficient (Wildman–Crippen LogP) is 2.88. The standard InChI is InChI=1S/C9H9IO/c1-2-9(11)7-4-3-5-8(10)6-7/h3-6H,2H2,1H3. The van der Waals surface area contributed by atoms with Gasteiger partial charge in [0.25, 0.3) is 0 Å². The molecule has 0 aliphatic heterocycles. The number of hydrogen-bond donors (Lipinski definition) is 0. The molecule has 2 heteroatoms. The minimum absolute atomic E-state index is 0.212. The van der Waals surface area contributed by atoms with Gasteiger partial charge in [-0.05, 0) is 34.7 Å². The summed E-state index contributed by atoms with van der Waals surface area (Å²) in [6.07, 6.45) is 0.583. The van der Waals surface area contributed by atoms with E-state index in [1.165, 1.54) is 0 Å². The molecule has 1 aromatic rings. The lowest BCUT2D eigenvalue weighted by atomic mass is 10.1. The summed E-state index contributed by atoms with van der Waals surface area (Å²) in [5.41, 5.74) is 0.819. The van der Waals surface area contributed by atoms with Crippen LogP contribution in [-0.2, 0) is 0 Å². The average molecular weight is 260 g/mol. The zero-order chi connectivity index (χ0) is 8.27. The Morgan fingerprint density at radius 1 is 1.55 bits per heavy atom. The number of rotatable bonds is 2. The van der Waals surface area contributed by atoms with E-state index in [-0.39, 0.29) is 5.78 Å². The highest BCUT2D eigenvalue weighted by Gasteiger charge is 2.01. The summed E-state index contributed by atoms with van der Waals surface area (Å²) in [6, 6.07) is 7.65. The van der Waals surface area contributed by atoms with Crippen molar-refractivity contribution in [1.29, 1.82) is 0 Å². The van der Waals surface area contributed by atoms with Crippen LogP contribution in [0.25, 0.3) is 0 Å². The fraction of sp³-hybridized carbons (Fsp3) is 0.222. The molecule has 0 N–H and O–H groups in total. The maximum absolute atomic E-state index is 11.2. The summed E-state index contributed by atoms with van der Waals surface area (Å²) in [4.78, 5) is 11.2. The van der Waals surface area contributed by atoms with Gasteiger partial charge in [0.05, 0.1) is 0 Å². The highest BCUT2D eigenvalue weighted by Crippen LogP contribution is 2.09. The van der Waals surface area contributed by atoms with Crippen LogP contribution in [0.3, 0.4) is 0 Å². The molecule has 58 valence electrons. The minimum Gasteiger partial charge on any atom is -0.294 e. The highest BCUT2D eigenvalue weighted by atomic mass is 127. The number of Topliss-reactive ketones (excluding diaryl/α,β-unsaturated/α-hetero) is 1. The molecule has 0 aromatic heterocycles. The van der Waals surface area contributed by atoms with Gasteiger partial charge >= 0.3 is 0 Å². The van der Waals surface area contributed by atoms with E-state index in [0.29, 0.717) is 6.42 Å². The van der Waals surface area contributed by atoms with E-state index in [1.54, 1.807) is 0 Å². The largest absolute Gasteiger partial charge is 0.294 e. The van der Waals surface area contributed by atoms with E-state index in [1.807, 2.05) is 31.2 Å². The van der Waals surface area contributed by atoms with E-state index in [2.05, 4.69) is 22.6 Å². The summed E-state index contributed by atoms with van der Waals surface area (Å²) >= 11 is 2.20. The first-order valence-electron chi connectivity index (χ1n) is 3.53. The summed E-state index contributed by atoms with van der Waals surface area (Å²) in [5, 5.41) is 0. The molecular formula is C9H9IO. The fourth-order valence-corrected chi connectivity index (χ4v) is 1.41. The normalized spacial score (nSPS) is 9.64. The van der Waals surface area contributed by atoms with Crippen LogP contribution in [0.4, 0.5) is 0 Å². The van der Waals surface area contributed by atoms with E-state index < -0.39 is 0 Å². The molecule has 1 rings (SSSR count). The second kappa shape index (κ2) is 3.85. The molecule has 0 saturated carbocycles. The highest BCUT2D eigenvalue weighted by molar-refractivity contribution is 14.1. The second-order valence-electron chi connectivity index (χ2n) is 2.29. The van der Waals surface area contributed by atoms with Crippen LogP contribution >= 0.6 is 22.6 Å². The molecule has 0 bridgehead atoms. The molecule has 1 aromatic carbocycles. The van der Waals surface area contributed by atoms with Gasteiger partial charge in [0.15, 0.2) is 5.78 Å². The van der Waals surface area contributed by atoms with Crippen LogP contribution in [0.1, 0.15) is 23.7 Å². The summed E-state index contributed by atoms with van der Waals surface area (Å²) in [7, 11) is 0. The Labute approximate surface area is 79.9 Å². The number of hydrogen-bond acceptors (Lipinski definition) is 1. The van der Waals surface area contributed by atoms with Gasteiger partial charge in [-0.2, -0.15) is 0 Å². The zero-order valence-corrected chi connectivity index (χ0v) is 8.46. The second-order valence-corrected chi connectivity index (χ2v) is 3.53. The van der Waals surface area contributed by atoms with Gasteiger partial charge in [0.1, 0.15) is 0 Å². The van der Waals surface area contributed by atoms with Crippen LogP contribution in [0, 0.1) is 3.57 Å². The SMILES string of the molecule is CCC(=O)c1cccc(I)c1. The van der Waals surface area contributed by atoms with Crippen molar-refractivity contribution in [2.75, 3.05) is 0 Å². The van der Waals surface area contributed by atoms with Crippen LogP contribution in [-0.4, -0.2) is 5.78 Å². The molecule has 0 amide bonds. The Hall–Kier alpha value is -0.380. The van der Waals surface area contributed by atoms with Crippen molar-refractivity contribution in [3.8, 4) is 0 Å². The van der Waals surface area contributed by atoms with Crippen molar-refractivity contribution in [2.24, 2.45) is 0 Å². The molecule has 0 saturated heterocycles. The molecule has 0 radical (unpaired) electrons. The topological polar surface area (TPSA) is 17.1 Å². The summed E-state index contributed by atoms with van der Waals surface area (Å²) in [5.74, 6) is 0.212. The fourth-order valence-electron chi connectivity index (χ4n) is 0.866. The third-order valence-electron chi connectivity index (χ3n) is 1.47. The first kappa shape index (κ1) is 8.71. The Bertz CT molecular complexity index is 268. The molecule has 0 fully saturated rings. The lowest BCUT2D eigenvalue weighted by molar-refractivity contribution is 0.0988. The molecule has 0 unspecified atom stereocenters. The van der Waals surface area contributed by atoms with Crippen LogP contribution in [0.5, 0.6) is 0 Å². The van der Waals surface area contributed by atoms with Crippen molar-refractivity contribution in [3.05, 3.63) is 33.4 Å². The maximum Gasteiger partial charge on any atom is 0.162 e. The smallest absolute Gasteiger partial charge is 0.162 e. The number of carbonyl (C=O) groups is 1. The molecule has 0 aliphatic carbocycles. The summed E-state index contributed by atoms with van der Waals surface area (Å²) < 4.78 is 1.11. The molecule has 0 heterocycles. The van der Waals surface area contributed by atoms with Crippen molar-refractivity contribution in [1.82, 2.24) is 0 Å². The predicted molar refractivity (Wildman–Crippen MR) is 53.8 cm³/mol. The van der Waals surface area contributed by atoms with Crippen LogP contribution < -0.4 is 0 Å². The first-order valence-corrected chi connectivity index (χ1v) is 4.60. The van der Waals surface area contributed by atoms with Gasteiger partial charge in [0.2, 0.25) is 0 Å². The van der Waals surface area contributed by atoms with E-state index in [9.17, 15) is 4.79 Å². The molecule has 11 heavy (non-hydrogen) atoms. The van der Waals surface area contributed by atoms with Gasteiger partial charge in [-0.25, -0.2) is 0 Å². The lowest BCUT2D eigenvalue weighted by Gasteiger charge is -1.96. The number of carbonyl (C=O) groups excluding carboxylic acids is 1. The van der Waals surface area contributed by atoms with E-state index >= 15 is 0 Å². The van der Waals surface area contributed by atoms with Crippen molar-refractivity contribution in [3.63, 3.8) is 0 Å². The Morgan fingerprint density at radius 3 is 2.82 bits per heavy atom. The van der Waals surface area contributed by atoms with Gasteiger partial charge in [-0.15, -0.1) is 0 Å². The first-order chi connectivity index (χ1) is 5.24. The lowest BCUT2D eigenvalue weighted by Crippen LogP contribution is -1.95. The molecule has 1 nitrogen and oxygen atoms in total. The van der Waals surface area contributed by atoms with Gasteiger partial charge < -0.3 is 0 Å². The average Bonchev–Trinajstić information content (AvgIpc) is 2.03. The Morgan fingerprint density at radius 2 is 2.27 bits per heavy atom. The zero-order valence-electron chi connectivity index (χ0n) is 6.30. The molecule has 0 atom stereocenters. The maximum atomic E-state index is 11.2. The number of ketones is 1. The number of benzene rings is 1. The van der Waals surface area contributed by atoms with E-state index in [0.717, 1.165) is 9.13 Å². The molecule has 0 aliphatic rings. The van der Waals surface area contributed by atoms with E-state index in [4.69, 9.17) is 0 Å². The van der Waals surface area contributed by atoms with Gasteiger partial charge in [0, 0.05) is 15.6 Å². The minimum atomic E-state index is 0.212. The Balaban J connectivity index is 2.96. The van der Waals surface area contributed by atoms with Crippen LogP contribution in [0.2, 0.25) is 0 Å². The Kier molecular flexibility index (Phi) is 3.05. The number of halogens is 1. The van der Waals surface area contributed by atoms with Crippen molar-refractivity contribution >= 4 is 28.4 Å². The van der Waals surface area contributed by atoms with Crippen molar-refractivity contribution in [2.45, 2.75) is 13.3 Å². The van der Waals surface area contributed by atoms with Crippen LogP contribution in [0.15, 0.2) is 24.3 Å². The third-order valence-corrected chi connectivity index (χ3v) is 2.14. The molecular weight excluding hydrogens is 251 g/mol. The third kappa shape index (κ3) is 2.29. The molecule has 0 spiro atoms. The van der Waals surface area contributed by atoms with Gasteiger partial charge in [-0.1, -0.05) is 19.1 Å². The van der Waals surface area contributed by atoms with Crippen molar-refractivity contribution < 1.29 is 4.79 Å². The quantitative estimate of drug-likeness (QED) is 0.590. The van der Waals surface area contributed by atoms with Gasteiger partial charge in [-0.3, -0.25) is 4.79 Å².